The molecule has 0 fully saturated rings. The summed E-state index contributed by atoms with van der Waals surface area (Å²) < 4.78 is 0. The van der Waals surface area contributed by atoms with Gasteiger partial charge in [-0.2, -0.15) is 0 Å². The van der Waals surface area contributed by atoms with E-state index in [4.69, 9.17) is 0 Å². The first-order valence-electron chi connectivity index (χ1n) is 7.33. The highest BCUT2D eigenvalue weighted by molar-refractivity contribution is 6.23. The number of hydrogen-bond donors (Lipinski definition) is 0. The number of unbranched alkanes of at least 4 members (excludes halogenated alkanes) is 1. The normalized spacial score (nSPS) is 11.8. The number of hydrogen-bond acceptors (Lipinski definition) is 0. The summed E-state index contributed by atoms with van der Waals surface area (Å²) in [7, 11) is 0. The molecule has 0 heteroatoms. The van der Waals surface area contributed by atoms with Gasteiger partial charge < -0.3 is 0 Å². The number of benzene rings is 4. The Balaban J connectivity index is 2.14. The van der Waals surface area contributed by atoms with Crippen molar-refractivity contribution in [2.75, 3.05) is 0 Å². The van der Waals surface area contributed by atoms with Crippen molar-refractivity contribution in [1.82, 2.24) is 0 Å². The molecule has 0 aromatic heterocycles. The molecule has 4 rings (SSSR count). The highest BCUT2D eigenvalue weighted by Gasteiger charge is 2.09. The van der Waals surface area contributed by atoms with Gasteiger partial charge in [-0.1, -0.05) is 67.9 Å². The molecule has 0 spiro atoms. The average Bonchev–Trinajstić information content (AvgIpc) is 2.51. The number of aryl methyl sites for hydroxylation is 1. The summed E-state index contributed by atoms with van der Waals surface area (Å²) in [4.78, 5) is 0. The molecule has 0 aliphatic carbocycles. The zero-order valence-corrected chi connectivity index (χ0v) is 11.5. The van der Waals surface area contributed by atoms with Crippen LogP contribution in [0.5, 0.6) is 0 Å². The summed E-state index contributed by atoms with van der Waals surface area (Å²) >= 11 is 0. The minimum Gasteiger partial charge on any atom is -0.0610 e. The molecule has 0 saturated carbocycles. The van der Waals surface area contributed by atoms with Crippen molar-refractivity contribution < 1.29 is 0 Å². The van der Waals surface area contributed by atoms with Crippen LogP contribution in [0.1, 0.15) is 18.4 Å². The van der Waals surface area contributed by atoms with E-state index in [1.165, 1.54) is 37.9 Å². The summed E-state index contributed by atoms with van der Waals surface area (Å²) in [6.07, 6.45) is 3.28. The quantitative estimate of drug-likeness (QED) is 0.410. The maximum absolute atomic E-state index is 3.96. The van der Waals surface area contributed by atoms with Crippen LogP contribution in [0.25, 0.3) is 32.3 Å². The molecule has 0 amide bonds. The lowest BCUT2D eigenvalue weighted by atomic mass is 9.91. The van der Waals surface area contributed by atoms with Gasteiger partial charge in [0.25, 0.3) is 0 Å². The average molecular weight is 257 g/mol. The van der Waals surface area contributed by atoms with Crippen LogP contribution in [0, 0.1) is 6.92 Å². The summed E-state index contributed by atoms with van der Waals surface area (Å²) in [5.41, 5.74) is 1.46. The Morgan fingerprint density at radius 3 is 2.10 bits per heavy atom. The molecule has 0 N–H and O–H groups in total. The zero-order chi connectivity index (χ0) is 13.5. The van der Waals surface area contributed by atoms with Crippen LogP contribution < -0.4 is 0 Å². The molecule has 0 bridgehead atoms. The third-order valence-electron chi connectivity index (χ3n) is 4.32. The van der Waals surface area contributed by atoms with Crippen molar-refractivity contribution >= 4 is 32.3 Å². The molecule has 0 unspecified atom stereocenters. The summed E-state index contributed by atoms with van der Waals surface area (Å²) in [6.45, 7) is 3.96. The fourth-order valence-electron chi connectivity index (χ4n) is 3.33. The molecule has 0 aliphatic rings. The highest BCUT2D eigenvalue weighted by Crippen LogP contribution is 2.36. The second-order valence-corrected chi connectivity index (χ2v) is 5.54. The standard InChI is InChI=1S/C20H17/c1-2-3-5-14-8-9-17-11-10-15-6-4-7-16-12-13-18(14)20(17)19(15)16/h4,6-13H,1-3,5H2. The Morgan fingerprint density at radius 1 is 0.700 bits per heavy atom. The van der Waals surface area contributed by atoms with E-state index >= 15 is 0 Å². The van der Waals surface area contributed by atoms with Crippen molar-refractivity contribution in [3.8, 4) is 0 Å². The van der Waals surface area contributed by atoms with Gasteiger partial charge in [-0.25, -0.2) is 0 Å². The van der Waals surface area contributed by atoms with Crippen LogP contribution in [-0.4, -0.2) is 0 Å². The fourth-order valence-corrected chi connectivity index (χ4v) is 3.33. The Labute approximate surface area is 119 Å². The van der Waals surface area contributed by atoms with Crippen LogP contribution in [-0.2, 0) is 6.42 Å². The van der Waals surface area contributed by atoms with E-state index in [0.717, 1.165) is 19.3 Å². The lowest BCUT2D eigenvalue weighted by Crippen LogP contribution is -1.90. The van der Waals surface area contributed by atoms with E-state index in [-0.39, 0.29) is 0 Å². The Morgan fingerprint density at radius 2 is 1.35 bits per heavy atom. The van der Waals surface area contributed by atoms with Crippen LogP contribution in [0.4, 0.5) is 0 Å². The largest absolute Gasteiger partial charge is 0.0610 e. The van der Waals surface area contributed by atoms with E-state index in [0.29, 0.717) is 0 Å². The fraction of sp³-hybridized carbons (Fsp3) is 0.150. The monoisotopic (exact) mass is 257 g/mol. The van der Waals surface area contributed by atoms with E-state index < -0.39 is 0 Å². The molecule has 4 aromatic carbocycles. The molecular weight excluding hydrogens is 240 g/mol. The lowest BCUT2D eigenvalue weighted by Gasteiger charge is -2.13. The molecule has 0 nitrogen and oxygen atoms in total. The number of rotatable bonds is 3. The van der Waals surface area contributed by atoms with Crippen molar-refractivity contribution in [3.05, 3.63) is 67.1 Å². The van der Waals surface area contributed by atoms with Gasteiger partial charge in [0.1, 0.15) is 0 Å². The van der Waals surface area contributed by atoms with Crippen molar-refractivity contribution in [3.63, 3.8) is 0 Å². The van der Waals surface area contributed by atoms with Crippen LogP contribution >= 0.6 is 0 Å². The molecule has 0 aliphatic heterocycles. The molecule has 4 aromatic rings. The van der Waals surface area contributed by atoms with Gasteiger partial charge in [0.15, 0.2) is 0 Å². The van der Waals surface area contributed by atoms with Crippen molar-refractivity contribution in [2.45, 2.75) is 19.3 Å². The third kappa shape index (κ3) is 1.61. The van der Waals surface area contributed by atoms with Gasteiger partial charge in [0.05, 0.1) is 0 Å². The Hall–Kier alpha value is -2.08. The van der Waals surface area contributed by atoms with Crippen LogP contribution in [0.15, 0.2) is 54.6 Å². The first-order chi connectivity index (χ1) is 9.88. The molecule has 0 atom stereocenters. The third-order valence-corrected chi connectivity index (χ3v) is 4.32. The Bertz CT molecular complexity index is 870. The minimum atomic E-state index is 1.00. The predicted octanol–water partition coefficient (Wildman–Crippen LogP) is 5.74. The molecule has 97 valence electrons. The van der Waals surface area contributed by atoms with Crippen LogP contribution in [0.2, 0.25) is 0 Å². The van der Waals surface area contributed by atoms with Gasteiger partial charge in [-0.15, -0.1) is 0 Å². The van der Waals surface area contributed by atoms with Crippen molar-refractivity contribution in [1.29, 1.82) is 0 Å². The predicted molar refractivity (Wildman–Crippen MR) is 88.4 cm³/mol. The molecular formula is C20H17. The SMILES string of the molecule is [CH2]CCCc1ccc2ccc3cccc4ccc1c2c34. The molecule has 0 saturated heterocycles. The van der Waals surface area contributed by atoms with Gasteiger partial charge in [-0.3, -0.25) is 0 Å². The second-order valence-electron chi connectivity index (χ2n) is 5.54. The topological polar surface area (TPSA) is 0 Å². The Kier molecular flexibility index (Phi) is 2.63. The zero-order valence-electron chi connectivity index (χ0n) is 11.5. The maximum Gasteiger partial charge on any atom is -0.00240 e. The first-order valence-corrected chi connectivity index (χ1v) is 7.33. The molecule has 0 heterocycles. The summed E-state index contributed by atoms with van der Waals surface area (Å²) in [5, 5.41) is 8.30. The van der Waals surface area contributed by atoms with Crippen molar-refractivity contribution in [2.24, 2.45) is 0 Å². The van der Waals surface area contributed by atoms with Gasteiger partial charge in [0.2, 0.25) is 0 Å². The second kappa shape index (κ2) is 4.49. The summed E-state index contributed by atoms with van der Waals surface area (Å²) in [6, 6.07) is 20.2. The molecule has 1 radical (unpaired) electrons. The van der Waals surface area contributed by atoms with E-state index in [1.54, 1.807) is 0 Å². The summed E-state index contributed by atoms with van der Waals surface area (Å²) in [5.74, 6) is 0. The van der Waals surface area contributed by atoms with Crippen LogP contribution in [0.3, 0.4) is 0 Å². The molecule has 20 heavy (non-hydrogen) atoms. The van der Waals surface area contributed by atoms with E-state index in [2.05, 4.69) is 61.5 Å². The highest BCUT2D eigenvalue weighted by atomic mass is 14.1. The van der Waals surface area contributed by atoms with Gasteiger partial charge in [0, 0.05) is 0 Å². The van der Waals surface area contributed by atoms with E-state index in [1.807, 2.05) is 0 Å². The van der Waals surface area contributed by atoms with E-state index in [9.17, 15) is 0 Å². The van der Waals surface area contributed by atoms with Gasteiger partial charge in [-0.05, 0) is 50.7 Å². The minimum absolute atomic E-state index is 1.00. The first kappa shape index (κ1) is 11.7. The maximum atomic E-state index is 3.96. The lowest BCUT2D eigenvalue weighted by molar-refractivity contribution is 0.846. The smallest absolute Gasteiger partial charge is 0.00240 e. The van der Waals surface area contributed by atoms with Gasteiger partial charge >= 0.3 is 0 Å².